The molecule has 32 heavy (non-hydrogen) atoms. The highest BCUT2D eigenvalue weighted by molar-refractivity contribution is 7.92. The number of amides is 1. The lowest BCUT2D eigenvalue weighted by atomic mass is 10.0. The maximum atomic E-state index is 12.7. The number of hydrogen-bond acceptors (Lipinski definition) is 3. The molecule has 0 unspecified atom stereocenters. The number of sulfonamides is 1. The van der Waals surface area contributed by atoms with Crippen LogP contribution in [0.2, 0.25) is 0 Å². The minimum Gasteiger partial charge on any atom is -0.346 e. The van der Waals surface area contributed by atoms with Gasteiger partial charge >= 0.3 is 0 Å². The van der Waals surface area contributed by atoms with Crippen LogP contribution in [-0.4, -0.2) is 20.6 Å². The third-order valence-electron chi connectivity index (χ3n) is 5.58. The number of benzene rings is 3. The van der Waals surface area contributed by atoms with Gasteiger partial charge in [0.2, 0.25) is 10.0 Å². The van der Waals surface area contributed by atoms with Crippen LogP contribution >= 0.6 is 0 Å². The fourth-order valence-corrected chi connectivity index (χ4v) is 4.66. The van der Waals surface area contributed by atoms with Crippen molar-refractivity contribution in [3.8, 4) is 0 Å². The van der Waals surface area contributed by atoms with E-state index in [1.807, 2.05) is 70.2 Å². The van der Waals surface area contributed by atoms with Crippen LogP contribution in [0.1, 0.15) is 51.1 Å². The fraction of sp³-hybridized carbons (Fsp3) is 0.269. The van der Waals surface area contributed by atoms with E-state index in [2.05, 4.69) is 5.32 Å². The van der Waals surface area contributed by atoms with Crippen LogP contribution in [0, 0.1) is 20.8 Å². The van der Waals surface area contributed by atoms with E-state index in [0.29, 0.717) is 11.3 Å². The van der Waals surface area contributed by atoms with Crippen molar-refractivity contribution in [3.05, 3.63) is 100 Å². The van der Waals surface area contributed by atoms with Crippen LogP contribution in [0.25, 0.3) is 0 Å². The van der Waals surface area contributed by atoms with E-state index < -0.39 is 10.0 Å². The van der Waals surface area contributed by atoms with Crippen LogP contribution in [0.5, 0.6) is 0 Å². The van der Waals surface area contributed by atoms with Crippen molar-refractivity contribution < 1.29 is 13.2 Å². The molecule has 0 aromatic heterocycles. The second kappa shape index (κ2) is 9.57. The van der Waals surface area contributed by atoms with Gasteiger partial charge in [0, 0.05) is 5.56 Å². The summed E-state index contributed by atoms with van der Waals surface area (Å²) in [6.07, 6.45) is 1.21. The van der Waals surface area contributed by atoms with Crippen molar-refractivity contribution in [1.82, 2.24) is 5.32 Å². The van der Waals surface area contributed by atoms with Crippen molar-refractivity contribution in [2.24, 2.45) is 0 Å². The molecule has 1 atom stereocenters. The van der Waals surface area contributed by atoms with E-state index in [1.165, 1.54) is 10.6 Å². The summed E-state index contributed by atoms with van der Waals surface area (Å²) in [6, 6.07) is 20.7. The number of nitrogens with zero attached hydrogens (tertiary/aromatic N) is 1. The van der Waals surface area contributed by atoms with Gasteiger partial charge in [-0.15, -0.1) is 0 Å². The maximum absolute atomic E-state index is 12.7. The Labute approximate surface area is 191 Å². The molecule has 0 bridgehead atoms. The lowest BCUT2D eigenvalue weighted by Crippen LogP contribution is -2.30. The van der Waals surface area contributed by atoms with E-state index in [-0.39, 0.29) is 18.5 Å². The highest BCUT2D eigenvalue weighted by Crippen LogP contribution is 2.26. The summed E-state index contributed by atoms with van der Waals surface area (Å²) < 4.78 is 26.4. The Bertz CT molecular complexity index is 1220. The number of aryl methyl sites for hydroxylation is 3. The second-order valence-corrected chi connectivity index (χ2v) is 10.2. The zero-order valence-electron chi connectivity index (χ0n) is 19.2. The molecule has 0 aliphatic carbocycles. The van der Waals surface area contributed by atoms with Gasteiger partial charge in [0.05, 0.1) is 24.5 Å². The lowest BCUT2D eigenvalue weighted by molar-refractivity contribution is 0.0940. The molecule has 0 spiro atoms. The number of hydrogen-bond donors (Lipinski definition) is 1. The minimum absolute atomic E-state index is 0.117. The molecule has 1 amide bonds. The Morgan fingerprint density at radius 2 is 1.59 bits per heavy atom. The Kier molecular flexibility index (Phi) is 7.04. The number of anilines is 1. The molecule has 0 fully saturated rings. The molecule has 168 valence electrons. The summed E-state index contributed by atoms with van der Waals surface area (Å²) in [5.74, 6) is -0.165. The predicted molar refractivity (Wildman–Crippen MR) is 130 cm³/mol. The highest BCUT2D eigenvalue weighted by atomic mass is 32.2. The molecule has 0 aliphatic heterocycles. The Hall–Kier alpha value is -3.12. The summed E-state index contributed by atoms with van der Waals surface area (Å²) in [7, 11) is -3.48. The third-order valence-corrected chi connectivity index (χ3v) is 6.70. The molecule has 3 aromatic carbocycles. The maximum Gasteiger partial charge on any atom is 0.251 e. The Balaban J connectivity index is 1.77. The van der Waals surface area contributed by atoms with E-state index >= 15 is 0 Å². The molecule has 0 heterocycles. The first-order valence-corrected chi connectivity index (χ1v) is 12.4. The predicted octanol–water partition coefficient (Wildman–Crippen LogP) is 5.07. The smallest absolute Gasteiger partial charge is 0.251 e. The van der Waals surface area contributed by atoms with Crippen molar-refractivity contribution in [2.45, 2.75) is 40.3 Å². The van der Waals surface area contributed by atoms with Crippen LogP contribution in [-0.2, 0) is 16.6 Å². The minimum atomic E-state index is -3.48. The zero-order valence-corrected chi connectivity index (χ0v) is 20.0. The van der Waals surface area contributed by atoms with Gasteiger partial charge in [-0.2, -0.15) is 0 Å². The molecule has 0 aliphatic rings. The summed E-state index contributed by atoms with van der Waals surface area (Å²) in [4.78, 5) is 12.7. The van der Waals surface area contributed by atoms with E-state index in [1.54, 1.807) is 24.3 Å². The van der Waals surface area contributed by atoms with Crippen molar-refractivity contribution in [2.75, 3.05) is 10.6 Å². The number of nitrogens with one attached hydrogen (secondary N) is 1. The Morgan fingerprint density at radius 1 is 0.938 bits per heavy atom. The van der Waals surface area contributed by atoms with Gasteiger partial charge in [-0.25, -0.2) is 8.42 Å². The quantitative estimate of drug-likeness (QED) is 0.547. The van der Waals surface area contributed by atoms with Crippen LogP contribution in [0.15, 0.2) is 66.7 Å². The van der Waals surface area contributed by atoms with Crippen LogP contribution in [0.3, 0.4) is 0 Å². The molecule has 5 nitrogen and oxygen atoms in total. The van der Waals surface area contributed by atoms with Gasteiger partial charge in [0.15, 0.2) is 0 Å². The average molecular weight is 451 g/mol. The molecule has 6 heteroatoms. The van der Waals surface area contributed by atoms with E-state index in [9.17, 15) is 13.2 Å². The Morgan fingerprint density at radius 3 is 2.22 bits per heavy atom. The number of carbonyl (C=O) groups is 1. The first kappa shape index (κ1) is 23.5. The molecule has 0 saturated heterocycles. The molecule has 3 aromatic rings. The second-order valence-electron chi connectivity index (χ2n) is 8.31. The van der Waals surface area contributed by atoms with Gasteiger partial charge < -0.3 is 5.32 Å². The normalized spacial score (nSPS) is 12.3. The van der Waals surface area contributed by atoms with Crippen LogP contribution < -0.4 is 9.62 Å². The first-order valence-electron chi connectivity index (χ1n) is 10.6. The van der Waals surface area contributed by atoms with Crippen molar-refractivity contribution >= 4 is 21.6 Å². The largest absolute Gasteiger partial charge is 0.346 e. The standard InChI is InChI=1S/C26H30N2O3S/c1-18-10-11-20(3)25(16-18)28(32(5,30)31)17-22-12-14-23(15-13-22)26(29)27-21(4)24-9-7-6-8-19(24)2/h6-16,21H,17H2,1-5H3,(H,27,29)/t21-/m1/s1. The van der Waals surface area contributed by atoms with Crippen LogP contribution in [0.4, 0.5) is 5.69 Å². The number of rotatable bonds is 7. The fourth-order valence-electron chi connectivity index (χ4n) is 3.73. The summed E-state index contributed by atoms with van der Waals surface area (Å²) >= 11 is 0. The van der Waals surface area contributed by atoms with Crippen molar-refractivity contribution in [3.63, 3.8) is 0 Å². The zero-order chi connectivity index (χ0) is 23.5. The van der Waals surface area contributed by atoms with Gasteiger partial charge in [-0.1, -0.05) is 48.5 Å². The average Bonchev–Trinajstić information content (AvgIpc) is 2.73. The lowest BCUT2D eigenvalue weighted by Gasteiger charge is -2.25. The first-order chi connectivity index (χ1) is 15.1. The highest BCUT2D eigenvalue weighted by Gasteiger charge is 2.20. The summed E-state index contributed by atoms with van der Waals surface area (Å²) in [5, 5.41) is 3.03. The third kappa shape index (κ3) is 5.56. The van der Waals surface area contributed by atoms with Gasteiger partial charge in [-0.05, 0) is 73.7 Å². The molecular weight excluding hydrogens is 420 g/mol. The van der Waals surface area contributed by atoms with Gasteiger partial charge in [0.25, 0.3) is 5.91 Å². The molecule has 3 rings (SSSR count). The molecular formula is C26H30N2O3S. The number of carbonyl (C=O) groups excluding carboxylic acids is 1. The van der Waals surface area contributed by atoms with E-state index in [4.69, 9.17) is 0 Å². The summed E-state index contributed by atoms with van der Waals surface area (Å²) in [6.45, 7) is 8.02. The summed E-state index contributed by atoms with van der Waals surface area (Å²) in [5.41, 5.74) is 6.10. The van der Waals surface area contributed by atoms with Gasteiger partial charge in [-0.3, -0.25) is 9.10 Å². The molecule has 0 saturated carbocycles. The monoisotopic (exact) mass is 450 g/mol. The van der Waals surface area contributed by atoms with Gasteiger partial charge in [0.1, 0.15) is 0 Å². The topological polar surface area (TPSA) is 66.5 Å². The SMILES string of the molecule is Cc1ccc(C)c(N(Cc2ccc(C(=O)N[C@H](C)c3ccccc3C)cc2)S(C)(=O)=O)c1. The molecule has 0 radical (unpaired) electrons. The van der Waals surface area contributed by atoms with Crippen molar-refractivity contribution in [1.29, 1.82) is 0 Å². The van der Waals surface area contributed by atoms with E-state index in [0.717, 1.165) is 27.8 Å². The molecule has 1 N–H and O–H groups in total.